The van der Waals surface area contributed by atoms with Crippen LogP contribution in [0.3, 0.4) is 0 Å². The summed E-state index contributed by atoms with van der Waals surface area (Å²) in [5, 5.41) is 3.68. The third kappa shape index (κ3) is 3.51. The van der Waals surface area contributed by atoms with Gasteiger partial charge in [-0.05, 0) is 30.2 Å². The first-order valence-corrected chi connectivity index (χ1v) is 9.09. The second-order valence-electron chi connectivity index (χ2n) is 5.92. The van der Waals surface area contributed by atoms with Crippen LogP contribution < -0.4 is 5.32 Å². The zero-order chi connectivity index (χ0) is 18.7. The Bertz CT molecular complexity index is 950. The molecule has 1 heterocycles. The molecule has 0 aliphatic rings. The smallest absolute Gasteiger partial charge is 0.356 e. The number of H-pyrrole nitrogens is 1. The molecule has 2 N–H and O–H groups in total. The molecule has 0 fully saturated rings. The lowest BCUT2D eigenvalue weighted by molar-refractivity contribution is -0.117. The van der Waals surface area contributed by atoms with E-state index in [0.29, 0.717) is 12.1 Å². The van der Waals surface area contributed by atoms with Crippen molar-refractivity contribution in [3.8, 4) is 0 Å². The minimum Gasteiger partial charge on any atom is -0.464 e. The molecule has 1 atom stereocenters. The number of nitrogens with one attached hydrogen (secondary N) is 2. The zero-order valence-corrected chi connectivity index (χ0v) is 16.1. The van der Waals surface area contributed by atoms with Crippen LogP contribution in [0.1, 0.15) is 35.3 Å². The summed E-state index contributed by atoms with van der Waals surface area (Å²) in [7, 11) is 1.31. The normalized spacial score (nSPS) is 12.0. The van der Waals surface area contributed by atoms with Crippen molar-refractivity contribution >= 4 is 44.4 Å². The van der Waals surface area contributed by atoms with E-state index >= 15 is 0 Å². The summed E-state index contributed by atoms with van der Waals surface area (Å²) in [5.74, 6) is -0.996. The average molecular weight is 415 g/mol. The van der Waals surface area contributed by atoms with Gasteiger partial charge in [0.15, 0.2) is 0 Å². The molecule has 0 saturated heterocycles. The van der Waals surface area contributed by atoms with E-state index in [2.05, 4.69) is 26.2 Å². The van der Waals surface area contributed by atoms with Crippen molar-refractivity contribution in [3.63, 3.8) is 0 Å². The highest BCUT2D eigenvalue weighted by Crippen LogP contribution is 2.32. The van der Waals surface area contributed by atoms with E-state index < -0.39 is 5.97 Å². The first-order chi connectivity index (χ1) is 12.5. The Morgan fingerprint density at radius 1 is 1.19 bits per heavy atom. The highest BCUT2D eigenvalue weighted by Gasteiger charge is 2.24. The van der Waals surface area contributed by atoms with Gasteiger partial charge < -0.3 is 15.0 Å². The fourth-order valence-electron chi connectivity index (χ4n) is 3.02. The molecule has 0 aliphatic carbocycles. The topological polar surface area (TPSA) is 71.2 Å². The number of ether oxygens (including phenoxy) is 1. The van der Waals surface area contributed by atoms with E-state index in [4.69, 9.17) is 4.74 Å². The number of esters is 1. The van der Waals surface area contributed by atoms with Gasteiger partial charge in [0.2, 0.25) is 5.91 Å². The third-order valence-corrected chi connectivity index (χ3v) is 4.82. The molecule has 0 bridgehead atoms. The maximum atomic E-state index is 12.9. The van der Waals surface area contributed by atoms with Crippen LogP contribution in [-0.2, 0) is 9.53 Å². The molecule has 6 heteroatoms. The molecule has 3 rings (SSSR count). The van der Waals surface area contributed by atoms with E-state index in [1.54, 1.807) is 0 Å². The Balaban J connectivity index is 2.02. The molecule has 26 heavy (non-hydrogen) atoms. The maximum Gasteiger partial charge on any atom is 0.356 e. The van der Waals surface area contributed by atoms with E-state index in [-0.39, 0.29) is 17.5 Å². The number of carbonyl (C=O) groups excluding carboxylic acids is 2. The molecular formula is C20H19BrN2O3. The highest BCUT2D eigenvalue weighted by molar-refractivity contribution is 9.10. The Kier molecular flexibility index (Phi) is 5.42. The Morgan fingerprint density at radius 3 is 2.58 bits per heavy atom. The molecule has 0 saturated carbocycles. The summed E-state index contributed by atoms with van der Waals surface area (Å²) in [6.45, 7) is 1.96. The Morgan fingerprint density at radius 2 is 1.92 bits per heavy atom. The van der Waals surface area contributed by atoms with Crippen molar-refractivity contribution in [3.05, 3.63) is 64.3 Å². The molecule has 2 aromatic carbocycles. The lowest BCUT2D eigenvalue weighted by Gasteiger charge is -2.16. The number of hydrogen-bond donors (Lipinski definition) is 2. The predicted octanol–water partition coefficient (Wildman–Crippen LogP) is 4.85. The Hall–Kier alpha value is -2.60. The van der Waals surface area contributed by atoms with Gasteiger partial charge in [-0.2, -0.15) is 0 Å². The van der Waals surface area contributed by atoms with Crippen LogP contribution in [0.2, 0.25) is 0 Å². The molecule has 1 aromatic heterocycles. The number of halogens is 1. The summed E-state index contributed by atoms with van der Waals surface area (Å²) in [6, 6.07) is 15.2. The van der Waals surface area contributed by atoms with Gasteiger partial charge >= 0.3 is 5.97 Å². The minimum atomic E-state index is -0.527. The highest BCUT2D eigenvalue weighted by atomic mass is 79.9. The quantitative estimate of drug-likeness (QED) is 0.586. The first kappa shape index (κ1) is 18.2. The van der Waals surface area contributed by atoms with Crippen molar-refractivity contribution < 1.29 is 14.3 Å². The second kappa shape index (κ2) is 7.74. The van der Waals surface area contributed by atoms with Crippen LogP contribution in [0.25, 0.3) is 10.9 Å². The van der Waals surface area contributed by atoms with E-state index in [9.17, 15) is 9.59 Å². The van der Waals surface area contributed by atoms with Gasteiger partial charge in [0.1, 0.15) is 5.69 Å². The van der Waals surface area contributed by atoms with Gasteiger partial charge in [0.05, 0.1) is 18.7 Å². The molecule has 0 spiro atoms. The predicted molar refractivity (Wildman–Crippen MR) is 105 cm³/mol. The lowest BCUT2D eigenvalue weighted by atomic mass is 9.95. The summed E-state index contributed by atoms with van der Waals surface area (Å²) in [5.41, 5.74) is 2.36. The number of carbonyl (C=O) groups is 2. The van der Waals surface area contributed by atoms with E-state index in [1.165, 1.54) is 7.11 Å². The van der Waals surface area contributed by atoms with Crippen LogP contribution in [0.4, 0.5) is 5.69 Å². The van der Waals surface area contributed by atoms with E-state index in [0.717, 1.165) is 20.9 Å². The molecule has 1 amide bonds. The average Bonchev–Trinajstić information content (AvgIpc) is 3.00. The molecule has 5 nitrogen and oxygen atoms in total. The van der Waals surface area contributed by atoms with Gasteiger partial charge in [0.25, 0.3) is 0 Å². The fourth-order valence-corrected chi connectivity index (χ4v) is 3.38. The second-order valence-corrected chi connectivity index (χ2v) is 6.83. The van der Waals surface area contributed by atoms with Gasteiger partial charge in [-0.1, -0.05) is 53.2 Å². The standard InChI is InChI=1S/C20H19BrN2O3/c1-3-14(12-7-5-4-6-8-12)19(24)23-17-15-11-13(21)9-10-16(15)22-18(17)20(25)26-2/h4-11,14,22H,3H2,1-2H3,(H,23,24). The SMILES string of the molecule is CCC(C(=O)Nc1c(C(=O)OC)[nH]c2ccc(Br)cc12)c1ccccc1. The van der Waals surface area contributed by atoms with Crippen LogP contribution >= 0.6 is 15.9 Å². The van der Waals surface area contributed by atoms with Crippen LogP contribution in [0.5, 0.6) is 0 Å². The largest absolute Gasteiger partial charge is 0.464 e. The van der Waals surface area contributed by atoms with Crippen molar-refractivity contribution in [2.24, 2.45) is 0 Å². The molecular weight excluding hydrogens is 396 g/mol. The molecule has 3 aromatic rings. The van der Waals surface area contributed by atoms with Gasteiger partial charge in [-0.3, -0.25) is 4.79 Å². The molecule has 134 valence electrons. The number of hydrogen-bond acceptors (Lipinski definition) is 3. The number of rotatable bonds is 5. The van der Waals surface area contributed by atoms with Crippen molar-refractivity contribution in [1.82, 2.24) is 4.98 Å². The maximum absolute atomic E-state index is 12.9. The molecule has 0 aliphatic heterocycles. The lowest BCUT2D eigenvalue weighted by Crippen LogP contribution is -2.22. The van der Waals surface area contributed by atoms with Crippen molar-refractivity contribution in [2.75, 3.05) is 12.4 Å². The summed E-state index contributed by atoms with van der Waals surface area (Å²) >= 11 is 3.43. The van der Waals surface area contributed by atoms with Gasteiger partial charge in [0, 0.05) is 15.4 Å². The summed E-state index contributed by atoms with van der Waals surface area (Å²) < 4.78 is 5.71. The number of aromatic nitrogens is 1. The number of methoxy groups -OCH3 is 1. The van der Waals surface area contributed by atoms with E-state index in [1.807, 2.05) is 55.5 Å². The summed E-state index contributed by atoms with van der Waals surface area (Å²) in [4.78, 5) is 28.1. The van der Waals surface area contributed by atoms with Gasteiger partial charge in [-0.15, -0.1) is 0 Å². The molecule has 1 unspecified atom stereocenters. The number of amides is 1. The summed E-state index contributed by atoms with van der Waals surface area (Å²) in [6.07, 6.45) is 0.648. The number of benzene rings is 2. The number of fused-ring (bicyclic) bond motifs is 1. The van der Waals surface area contributed by atoms with Crippen LogP contribution in [0, 0.1) is 0 Å². The van der Waals surface area contributed by atoms with Crippen LogP contribution in [0.15, 0.2) is 53.0 Å². The van der Waals surface area contributed by atoms with Gasteiger partial charge in [-0.25, -0.2) is 4.79 Å². The third-order valence-electron chi connectivity index (χ3n) is 4.33. The number of aromatic amines is 1. The first-order valence-electron chi connectivity index (χ1n) is 8.30. The zero-order valence-electron chi connectivity index (χ0n) is 14.5. The monoisotopic (exact) mass is 414 g/mol. The van der Waals surface area contributed by atoms with Crippen molar-refractivity contribution in [1.29, 1.82) is 0 Å². The van der Waals surface area contributed by atoms with Crippen LogP contribution in [-0.4, -0.2) is 24.0 Å². The molecule has 0 radical (unpaired) electrons. The minimum absolute atomic E-state index is 0.162. The fraction of sp³-hybridized carbons (Fsp3) is 0.200. The Labute approximate surface area is 159 Å². The number of anilines is 1. The van der Waals surface area contributed by atoms with Crippen molar-refractivity contribution in [2.45, 2.75) is 19.3 Å².